The molecule has 0 aliphatic carbocycles. The molecule has 2 aromatic rings. The van der Waals surface area contributed by atoms with E-state index in [4.69, 9.17) is 0 Å². The highest BCUT2D eigenvalue weighted by atomic mass is 16.6. The average Bonchev–Trinajstić information content (AvgIpc) is 3.17. The molecule has 1 aliphatic rings. The maximum Gasteiger partial charge on any atom is 0.272 e. The number of aromatic nitrogens is 2. The van der Waals surface area contributed by atoms with Crippen molar-refractivity contribution < 1.29 is 9.72 Å². The first kappa shape index (κ1) is 17.1. The Morgan fingerprint density at radius 3 is 2.76 bits per heavy atom. The van der Waals surface area contributed by atoms with Crippen LogP contribution in [0.15, 0.2) is 42.7 Å². The summed E-state index contributed by atoms with van der Waals surface area (Å²) in [4.78, 5) is 23.6. The first-order valence-electron chi connectivity index (χ1n) is 8.35. The molecule has 0 saturated carbocycles. The fourth-order valence-corrected chi connectivity index (χ4v) is 3.30. The molecule has 1 amide bonds. The number of carbonyl (C=O) groups excluding carboxylic acids is 1. The zero-order valence-corrected chi connectivity index (χ0v) is 13.9. The van der Waals surface area contributed by atoms with Gasteiger partial charge in [-0.05, 0) is 38.4 Å². The molecule has 1 aromatic heterocycles. The standard InChI is InChI=1S/C17H21N5O3/c23-16(17(7-11-18-12-8-17)21-13-3-9-20-21)19-10-6-14-4-1-2-5-15(14)22(24)25/h1-5,9,13,18H,6-8,10-12H2,(H,19,23). The summed E-state index contributed by atoms with van der Waals surface area (Å²) in [5.74, 6) is -0.0868. The Morgan fingerprint density at radius 1 is 1.32 bits per heavy atom. The van der Waals surface area contributed by atoms with Crippen LogP contribution in [0.1, 0.15) is 18.4 Å². The van der Waals surface area contributed by atoms with Crippen LogP contribution < -0.4 is 10.6 Å². The minimum atomic E-state index is -0.697. The fourth-order valence-electron chi connectivity index (χ4n) is 3.30. The summed E-state index contributed by atoms with van der Waals surface area (Å²) in [6.45, 7) is 1.84. The Kier molecular flexibility index (Phi) is 5.08. The highest BCUT2D eigenvalue weighted by Crippen LogP contribution is 2.27. The number of para-hydroxylation sites is 1. The number of amides is 1. The fraction of sp³-hybridized carbons (Fsp3) is 0.412. The number of hydrogen-bond acceptors (Lipinski definition) is 5. The minimum Gasteiger partial charge on any atom is -0.354 e. The van der Waals surface area contributed by atoms with Crippen molar-refractivity contribution in [2.24, 2.45) is 0 Å². The van der Waals surface area contributed by atoms with Gasteiger partial charge < -0.3 is 10.6 Å². The zero-order chi connectivity index (χ0) is 17.7. The molecule has 2 heterocycles. The third-order valence-electron chi connectivity index (χ3n) is 4.66. The van der Waals surface area contributed by atoms with Crippen LogP contribution in [-0.4, -0.2) is 40.2 Å². The summed E-state index contributed by atoms with van der Waals surface area (Å²) in [6.07, 6.45) is 5.21. The normalized spacial score (nSPS) is 16.3. The highest BCUT2D eigenvalue weighted by Gasteiger charge is 2.41. The van der Waals surface area contributed by atoms with Crippen LogP contribution in [-0.2, 0) is 16.8 Å². The summed E-state index contributed by atoms with van der Waals surface area (Å²) in [6, 6.07) is 8.42. The van der Waals surface area contributed by atoms with Gasteiger partial charge in [-0.25, -0.2) is 0 Å². The summed E-state index contributed by atoms with van der Waals surface area (Å²) in [7, 11) is 0. The predicted octanol–water partition coefficient (Wildman–Crippen LogP) is 1.23. The number of piperidine rings is 1. The van der Waals surface area contributed by atoms with Gasteiger partial charge in [0.2, 0.25) is 5.91 Å². The Hall–Kier alpha value is -2.74. The van der Waals surface area contributed by atoms with E-state index in [1.165, 1.54) is 6.07 Å². The number of rotatable bonds is 6. The van der Waals surface area contributed by atoms with E-state index in [-0.39, 0.29) is 11.6 Å². The molecule has 1 saturated heterocycles. The maximum atomic E-state index is 12.9. The molecule has 0 spiro atoms. The minimum absolute atomic E-state index is 0.0837. The molecule has 0 bridgehead atoms. The summed E-state index contributed by atoms with van der Waals surface area (Å²) < 4.78 is 1.73. The molecule has 8 heteroatoms. The van der Waals surface area contributed by atoms with Gasteiger partial charge in [0.05, 0.1) is 4.92 Å². The van der Waals surface area contributed by atoms with Gasteiger partial charge in [-0.1, -0.05) is 18.2 Å². The molecule has 3 rings (SSSR count). The van der Waals surface area contributed by atoms with Crippen LogP contribution in [0, 0.1) is 10.1 Å². The highest BCUT2D eigenvalue weighted by molar-refractivity contribution is 5.84. The lowest BCUT2D eigenvalue weighted by Gasteiger charge is -2.36. The van der Waals surface area contributed by atoms with Crippen molar-refractivity contribution >= 4 is 11.6 Å². The Morgan fingerprint density at radius 2 is 2.08 bits per heavy atom. The van der Waals surface area contributed by atoms with E-state index in [1.807, 2.05) is 12.3 Å². The van der Waals surface area contributed by atoms with Crippen molar-refractivity contribution in [3.05, 3.63) is 58.4 Å². The molecule has 25 heavy (non-hydrogen) atoms. The van der Waals surface area contributed by atoms with Crippen molar-refractivity contribution in [2.75, 3.05) is 19.6 Å². The molecular formula is C17H21N5O3. The van der Waals surface area contributed by atoms with E-state index in [0.717, 1.165) is 13.1 Å². The first-order valence-corrected chi connectivity index (χ1v) is 8.35. The molecule has 1 aliphatic heterocycles. The van der Waals surface area contributed by atoms with Gasteiger partial charge in [0.25, 0.3) is 5.69 Å². The van der Waals surface area contributed by atoms with Crippen molar-refractivity contribution in [1.29, 1.82) is 0 Å². The van der Waals surface area contributed by atoms with E-state index in [1.54, 1.807) is 29.1 Å². The third kappa shape index (κ3) is 3.53. The van der Waals surface area contributed by atoms with Gasteiger partial charge in [-0.3, -0.25) is 19.6 Å². The average molecular weight is 343 g/mol. The lowest BCUT2D eigenvalue weighted by atomic mass is 9.87. The number of nitrogens with one attached hydrogen (secondary N) is 2. The Labute approximate surface area is 145 Å². The number of nitro benzene ring substituents is 1. The SMILES string of the molecule is O=C(NCCc1ccccc1[N+](=O)[O-])C1(n2cccn2)CCNCC1. The molecule has 0 unspecified atom stereocenters. The van der Waals surface area contributed by atoms with Crippen molar-refractivity contribution in [3.8, 4) is 0 Å². The Balaban J connectivity index is 1.68. The number of nitrogens with zero attached hydrogens (tertiary/aromatic N) is 3. The van der Waals surface area contributed by atoms with Crippen LogP contribution in [0.25, 0.3) is 0 Å². The molecule has 132 valence electrons. The van der Waals surface area contributed by atoms with Crippen LogP contribution in [0.4, 0.5) is 5.69 Å². The summed E-state index contributed by atoms with van der Waals surface area (Å²) >= 11 is 0. The molecule has 0 radical (unpaired) electrons. The molecule has 1 aromatic carbocycles. The van der Waals surface area contributed by atoms with E-state index in [2.05, 4.69) is 15.7 Å². The topological polar surface area (TPSA) is 102 Å². The van der Waals surface area contributed by atoms with Gasteiger partial charge in [0, 0.05) is 30.6 Å². The van der Waals surface area contributed by atoms with Gasteiger partial charge in [-0.15, -0.1) is 0 Å². The Bertz CT molecular complexity index is 739. The lowest BCUT2D eigenvalue weighted by molar-refractivity contribution is -0.385. The maximum absolute atomic E-state index is 12.9. The van der Waals surface area contributed by atoms with Crippen molar-refractivity contribution in [1.82, 2.24) is 20.4 Å². The molecule has 1 fully saturated rings. The summed E-state index contributed by atoms with van der Waals surface area (Å²) in [5.41, 5.74) is 0.00355. The van der Waals surface area contributed by atoms with E-state index in [9.17, 15) is 14.9 Å². The van der Waals surface area contributed by atoms with Crippen LogP contribution >= 0.6 is 0 Å². The molecule has 2 N–H and O–H groups in total. The van der Waals surface area contributed by atoms with Crippen LogP contribution in [0.5, 0.6) is 0 Å². The zero-order valence-electron chi connectivity index (χ0n) is 13.9. The molecule has 0 atom stereocenters. The molecule has 8 nitrogen and oxygen atoms in total. The smallest absolute Gasteiger partial charge is 0.272 e. The lowest BCUT2D eigenvalue weighted by Crippen LogP contribution is -2.54. The quantitative estimate of drug-likeness (QED) is 0.607. The van der Waals surface area contributed by atoms with E-state index >= 15 is 0 Å². The second kappa shape index (κ2) is 7.43. The van der Waals surface area contributed by atoms with Gasteiger partial charge in [0.1, 0.15) is 5.54 Å². The third-order valence-corrected chi connectivity index (χ3v) is 4.66. The first-order chi connectivity index (χ1) is 12.1. The largest absolute Gasteiger partial charge is 0.354 e. The van der Waals surface area contributed by atoms with Gasteiger partial charge >= 0.3 is 0 Å². The second-order valence-corrected chi connectivity index (χ2v) is 6.12. The van der Waals surface area contributed by atoms with E-state index in [0.29, 0.717) is 31.4 Å². The number of benzene rings is 1. The van der Waals surface area contributed by atoms with Crippen molar-refractivity contribution in [3.63, 3.8) is 0 Å². The van der Waals surface area contributed by atoms with Gasteiger partial charge in [-0.2, -0.15) is 5.10 Å². The van der Waals surface area contributed by atoms with Gasteiger partial charge in [0.15, 0.2) is 0 Å². The monoisotopic (exact) mass is 343 g/mol. The van der Waals surface area contributed by atoms with E-state index < -0.39 is 10.5 Å². The number of carbonyl (C=O) groups is 1. The second-order valence-electron chi connectivity index (χ2n) is 6.12. The molecular weight excluding hydrogens is 322 g/mol. The summed E-state index contributed by atoms with van der Waals surface area (Å²) in [5, 5.41) is 21.6. The predicted molar refractivity (Wildman–Crippen MR) is 92.1 cm³/mol. The van der Waals surface area contributed by atoms with Crippen LogP contribution in [0.3, 0.4) is 0 Å². The number of nitro groups is 1. The van der Waals surface area contributed by atoms with Crippen molar-refractivity contribution in [2.45, 2.75) is 24.8 Å². The number of hydrogen-bond donors (Lipinski definition) is 2. The van der Waals surface area contributed by atoms with Crippen LogP contribution in [0.2, 0.25) is 0 Å².